The highest BCUT2D eigenvalue weighted by Gasteiger charge is 2.53. The molecule has 2 bridgehead atoms. The maximum atomic E-state index is 12.4. The number of benzene rings is 1. The zero-order chi connectivity index (χ0) is 21.4. The minimum absolute atomic E-state index is 0.110. The summed E-state index contributed by atoms with van der Waals surface area (Å²) in [5.41, 5.74) is 1.88. The molecule has 1 unspecified atom stereocenters. The lowest BCUT2D eigenvalue weighted by Gasteiger charge is -2.19. The second kappa shape index (κ2) is 11.3. The van der Waals surface area contributed by atoms with E-state index in [2.05, 4.69) is 13.8 Å². The fourth-order valence-electron chi connectivity index (χ4n) is 4.47. The van der Waals surface area contributed by atoms with Gasteiger partial charge in [0.1, 0.15) is 0 Å². The quantitative estimate of drug-likeness (QED) is 0.208. The van der Waals surface area contributed by atoms with Gasteiger partial charge in [0.2, 0.25) is 11.5 Å². The second-order valence-electron chi connectivity index (χ2n) is 8.76. The van der Waals surface area contributed by atoms with Crippen LogP contribution in [0.15, 0.2) is 0 Å². The first kappa shape index (κ1) is 23.3. The van der Waals surface area contributed by atoms with Crippen molar-refractivity contribution in [1.82, 2.24) is 0 Å². The molecule has 0 saturated heterocycles. The third kappa shape index (κ3) is 5.66. The molecule has 2 heterocycles. The summed E-state index contributed by atoms with van der Waals surface area (Å²) in [6, 6.07) is 0. The molecular weight excluding hydrogens is 399 g/mol. The number of rotatable bonds is 16. The lowest BCUT2D eigenvalue weighted by molar-refractivity contribution is 0.341. The molecule has 0 aliphatic carbocycles. The van der Waals surface area contributed by atoms with Crippen molar-refractivity contribution in [1.29, 1.82) is 0 Å². The zero-order valence-corrected chi connectivity index (χ0v) is 19.7. The molecule has 30 heavy (non-hydrogen) atoms. The van der Waals surface area contributed by atoms with E-state index in [0.717, 1.165) is 49.7 Å². The van der Waals surface area contributed by atoms with E-state index in [1.165, 1.54) is 64.2 Å². The highest BCUT2D eigenvalue weighted by Crippen LogP contribution is 2.72. The van der Waals surface area contributed by atoms with Gasteiger partial charge in [0.25, 0.3) is 0 Å². The Morgan fingerprint density at radius 1 is 0.600 bits per heavy atom. The Morgan fingerprint density at radius 2 is 1.03 bits per heavy atom. The smallest absolute Gasteiger partial charge is 0.504 e. The largest absolute Gasteiger partial charge is 0.647 e. The number of hydrogen-bond acceptors (Lipinski definition) is 5. The van der Waals surface area contributed by atoms with Gasteiger partial charge in [0, 0.05) is 11.1 Å². The molecule has 0 aromatic heterocycles. The van der Waals surface area contributed by atoms with Gasteiger partial charge in [-0.05, 0) is 25.7 Å². The number of aromatic hydroxyl groups is 1. The molecular formula is C24H39O5P. The van der Waals surface area contributed by atoms with Gasteiger partial charge < -0.3 is 18.7 Å². The van der Waals surface area contributed by atoms with Crippen LogP contribution in [0.1, 0.15) is 115 Å². The van der Waals surface area contributed by atoms with Gasteiger partial charge in [0.15, 0.2) is 11.5 Å². The van der Waals surface area contributed by atoms with E-state index in [9.17, 15) is 9.67 Å². The van der Waals surface area contributed by atoms with Gasteiger partial charge in [-0.3, -0.25) is 0 Å². The van der Waals surface area contributed by atoms with Crippen molar-refractivity contribution in [3.63, 3.8) is 0 Å². The molecule has 0 fully saturated rings. The van der Waals surface area contributed by atoms with Crippen molar-refractivity contribution in [2.45, 2.75) is 117 Å². The minimum atomic E-state index is -3.59. The Labute approximate surface area is 182 Å². The Balaban J connectivity index is 1.59. The van der Waals surface area contributed by atoms with E-state index in [0.29, 0.717) is 11.5 Å². The lowest BCUT2D eigenvalue weighted by atomic mass is 9.93. The van der Waals surface area contributed by atoms with Gasteiger partial charge in [-0.25, -0.2) is 0 Å². The molecule has 6 heteroatoms. The van der Waals surface area contributed by atoms with Crippen molar-refractivity contribution in [3.8, 4) is 23.0 Å². The fourth-order valence-corrected chi connectivity index (χ4v) is 5.78. The molecule has 1 N–H and O–H groups in total. The van der Waals surface area contributed by atoms with Crippen LogP contribution >= 0.6 is 7.82 Å². The Morgan fingerprint density at radius 3 is 1.57 bits per heavy atom. The van der Waals surface area contributed by atoms with Gasteiger partial charge in [0.05, 0.1) is 0 Å². The van der Waals surface area contributed by atoms with Crippen molar-refractivity contribution in [2.24, 2.45) is 0 Å². The average Bonchev–Trinajstić information content (AvgIpc) is 3.26. The maximum absolute atomic E-state index is 12.4. The van der Waals surface area contributed by atoms with Crippen LogP contribution in [0, 0.1) is 0 Å². The predicted molar refractivity (Wildman–Crippen MR) is 121 cm³/mol. The monoisotopic (exact) mass is 438 g/mol. The summed E-state index contributed by atoms with van der Waals surface area (Å²) in [5.74, 6) is 1.23. The molecule has 0 amide bonds. The molecule has 0 radical (unpaired) electrons. The highest BCUT2D eigenvalue weighted by atomic mass is 31.2. The fraction of sp³-hybridized carbons (Fsp3) is 0.750. The number of phenols is 1. The van der Waals surface area contributed by atoms with Crippen LogP contribution in [0.2, 0.25) is 0 Å². The summed E-state index contributed by atoms with van der Waals surface area (Å²) < 4.78 is 28.7. The number of unbranched alkanes of at least 4 members (excludes halogenated alkanes) is 12. The van der Waals surface area contributed by atoms with Gasteiger partial charge in [-0.15, -0.1) is 0 Å². The topological polar surface area (TPSA) is 65.0 Å². The Hall–Kier alpha value is -1.35. The molecule has 0 saturated carbocycles. The van der Waals surface area contributed by atoms with Crippen LogP contribution in [0.3, 0.4) is 0 Å². The zero-order valence-electron chi connectivity index (χ0n) is 18.8. The van der Waals surface area contributed by atoms with Crippen LogP contribution in [0.4, 0.5) is 0 Å². The third-order valence-corrected chi connectivity index (χ3v) is 7.44. The van der Waals surface area contributed by atoms with Crippen LogP contribution in [0.25, 0.3) is 0 Å². The minimum Gasteiger partial charge on any atom is -0.504 e. The van der Waals surface area contributed by atoms with Gasteiger partial charge in [-0.1, -0.05) is 90.9 Å². The number of fused-ring (bicyclic) bond motifs is 1. The van der Waals surface area contributed by atoms with E-state index >= 15 is 0 Å². The Bertz CT molecular complexity index is 746. The first-order valence-corrected chi connectivity index (χ1v) is 13.6. The van der Waals surface area contributed by atoms with E-state index in [1.54, 1.807) is 0 Å². The molecule has 5 nitrogen and oxygen atoms in total. The van der Waals surface area contributed by atoms with E-state index in [1.807, 2.05) is 0 Å². The molecule has 2 aliphatic rings. The summed E-state index contributed by atoms with van der Waals surface area (Å²) in [7, 11) is -3.59. The van der Waals surface area contributed by atoms with Crippen molar-refractivity contribution < 1.29 is 23.2 Å². The molecule has 2 aliphatic heterocycles. The van der Waals surface area contributed by atoms with Crippen LogP contribution in [0.5, 0.6) is 23.0 Å². The van der Waals surface area contributed by atoms with Crippen LogP contribution in [-0.4, -0.2) is 5.11 Å². The number of phenolic OH excluding ortho intramolecular Hbond substituents is 1. The van der Waals surface area contributed by atoms with Crippen LogP contribution in [-0.2, 0) is 17.4 Å². The maximum Gasteiger partial charge on any atom is 0.647 e. The normalized spacial score (nSPS) is 18.3. The number of hydrogen-bond donors (Lipinski definition) is 1. The summed E-state index contributed by atoms with van der Waals surface area (Å²) in [6.45, 7) is 4.47. The number of phosphoric ester groups is 1. The summed E-state index contributed by atoms with van der Waals surface area (Å²) >= 11 is 0. The first-order valence-electron chi connectivity index (χ1n) is 12.2. The van der Waals surface area contributed by atoms with Crippen molar-refractivity contribution >= 4 is 7.82 Å². The number of phosphoric acid groups is 1. The van der Waals surface area contributed by atoms with Crippen molar-refractivity contribution in [2.75, 3.05) is 0 Å². The standard InChI is InChI=1S/C24H39O5P/c1-3-5-7-9-11-13-15-17-19-20(18-16-14-12-10-8-6-4-2)22-24-23(21(19)25)28-30(26,27-22)29-24/h25H,3-18H2,1-2H3. The van der Waals surface area contributed by atoms with Crippen molar-refractivity contribution in [3.05, 3.63) is 11.1 Å². The second-order valence-corrected chi connectivity index (χ2v) is 10.2. The van der Waals surface area contributed by atoms with E-state index in [4.69, 9.17) is 13.6 Å². The van der Waals surface area contributed by atoms with Gasteiger partial charge >= 0.3 is 7.82 Å². The average molecular weight is 439 g/mol. The SMILES string of the molecule is CCCCCCCCCc1c(O)c2c3c(c1CCCCCCCCC)OP(=O)(O2)O3. The van der Waals surface area contributed by atoms with E-state index < -0.39 is 7.82 Å². The molecule has 0 spiro atoms. The molecule has 1 aromatic carbocycles. The van der Waals surface area contributed by atoms with Crippen LogP contribution < -0.4 is 13.6 Å². The molecule has 170 valence electrons. The van der Waals surface area contributed by atoms with E-state index in [-0.39, 0.29) is 11.5 Å². The molecule has 3 rings (SSSR count). The molecule has 1 atom stereocenters. The Kier molecular flexibility index (Phi) is 8.80. The lowest BCUT2D eigenvalue weighted by Crippen LogP contribution is -2.05. The summed E-state index contributed by atoms with van der Waals surface area (Å²) in [5, 5.41) is 10.8. The molecule has 1 aromatic rings. The predicted octanol–water partition coefficient (Wildman–Crippen LogP) is 8.25. The first-order chi connectivity index (χ1) is 14.6. The highest BCUT2D eigenvalue weighted by molar-refractivity contribution is 7.50. The van der Waals surface area contributed by atoms with Gasteiger partial charge in [-0.2, -0.15) is 4.57 Å². The third-order valence-electron chi connectivity index (χ3n) is 6.22. The summed E-state index contributed by atoms with van der Waals surface area (Å²) in [4.78, 5) is 0. The summed E-state index contributed by atoms with van der Waals surface area (Å²) in [6.07, 6.45) is 18.8.